The van der Waals surface area contributed by atoms with Crippen LogP contribution in [0.4, 0.5) is 5.82 Å². The van der Waals surface area contributed by atoms with Gasteiger partial charge in [0.15, 0.2) is 5.82 Å². The summed E-state index contributed by atoms with van der Waals surface area (Å²) in [5, 5.41) is 9.97. The van der Waals surface area contributed by atoms with Crippen LogP contribution >= 0.6 is 0 Å². The Kier molecular flexibility index (Phi) is 3.57. The van der Waals surface area contributed by atoms with E-state index in [1.165, 1.54) is 0 Å². The Morgan fingerprint density at radius 3 is 2.52 bits per heavy atom. The van der Waals surface area contributed by atoms with E-state index in [9.17, 15) is 9.90 Å². The number of aliphatic hydroxyl groups excluding tert-OH is 1. The van der Waals surface area contributed by atoms with E-state index in [1.54, 1.807) is 12.4 Å². The Balaban J connectivity index is 1.72. The van der Waals surface area contributed by atoms with Crippen molar-refractivity contribution in [3.63, 3.8) is 0 Å². The predicted octanol–water partition coefficient (Wildman–Crippen LogP) is -0.0602. The van der Waals surface area contributed by atoms with Gasteiger partial charge in [0.05, 0.1) is 18.5 Å². The lowest BCUT2D eigenvalue weighted by atomic mass is 10.0. The number of hydrogen-bond acceptors (Lipinski definition) is 5. The summed E-state index contributed by atoms with van der Waals surface area (Å²) in [5.74, 6) is 0.887. The fourth-order valence-corrected chi connectivity index (χ4v) is 2.60. The van der Waals surface area contributed by atoms with Crippen LogP contribution in [0.2, 0.25) is 0 Å². The Hall–Kier alpha value is -2.41. The zero-order valence-electron chi connectivity index (χ0n) is 11.5. The van der Waals surface area contributed by atoms with Crippen molar-refractivity contribution in [2.75, 3.05) is 18.0 Å². The number of primary amides is 1. The fourth-order valence-electron chi connectivity index (χ4n) is 2.60. The number of nitrogens with zero attached hydrogens (tertiary/aromatic N) is 4. The molecule has 1 aliphatic rings. The van der Waals surface area contributed by atoms with E-state index in [4.69, 9.17) is 5.73 Å². The summed E-state index contributed by atoms with van der Waals surface area (Å²) >= 11 is 0. The molecule has 7 nitrogen and oxygen atoms in total. The standard InChI is InChI=1S/C14H17N5O2/c15-12(21)5-10-8-19(9-11(10)20)14-7-16-13(6-17-14)18-3-1-2-4-18/h1-4,6-7,10-11,20H,5,8-9H2,(H2,15,21)/t10-,11-/m1/s1. The highest BCUT2D eigenvalue weighted by atomic mass is 16.3. The zero-order chi connectivity index (χ0) is 14.8. The molecule has 3 rings (SSSR count). The molecule has 110 valence electrons. The van der Waals surface area contributed by atoms with Crippen molar-refractivity contribution in [3.8, 4) is 5.82 Å². The Bertz CT molecular complexity index is 611. The highest BCUT2D eigenvalue weighted by Gasteiger charge is 2.33. The van der Waals surface area contributed by atoms with Crippen LogP contribution in [-0.4, -0.2) is 44.7 Å². The molecular formula is C14H17N5O2. The van der Waals surface area contributed by atoms with Crippen LogP contribution in [0.15, 0.2) is 36.9 Å². The van der Waals surface area contributed by atoms with E-state index in [0.717, 1.165) is 5.82 Å². The molecule has 2 atom stereocenters. The van der Waals surface area contributed by atoms with Crippen LogP contribution in [0.1, 0.15) is 6.42 Å². The van der Waals surface area contributed by atoms with Crippen LogP contribution < -0.4 is 10.6 Å². The van der Waals surface area contributed by atoms with Gasteiger partial charge in [0.2, 0.25) is 5.91 Å². The van der Waals surface area contributed by atoms with Crippen LogP contribution in [0.25, 0.3) is 5.82 Å². The SMILES string of the molecule is NC(=O)C[C@@H]1CN(c2cnc(-n3cccc3)cn2)C[C@H]1O. The van der Waals surface area contributed by atoms with Gasteiger partial charge in [-0.25, -0.2) is 9.97 Å². The minimum atomic E-state index is -0.566. The van der Waals surface area contributed by atoms with E-state index in [2.05, 4.69) is 9.97 Å². The molecule has 0 aromatic carbocycles. The van der Waals surface area contributed by atoms with Crippen LogP contribution in [-0.2, 0) is 4.79 Å². The second kappa shape index (κ2) is 5.53. The Morgan fingerprint density at radius 2 is 1.90 bits per heavy atom. The first-order chi connectivity index (χ1) is 10.1. The van der Waals surface area contributed by atoms with Gasteiger partial charge in [-0.15, -0.1) is 0 Å². The van der Waals surface area contributed by atoms with Crippen LogP contribution in [0.5, 0.6) is 0 Å². The predicted molar refractivity (Wildman–Crippen MR) is 76.9 cm³/mol. The summed E-state index contributed by atoms with van der Waals surface area (Å²) in [4.78, 5) is 21.6. The van der Waals surface area contributed by atoms with Crippen molar-refractivity contribution in [1.29, 1.82) is 0 Å². The highest BCUT2D eigenvalue weighted by molar-refractivity contribution is 5.74. The molecule has 3 N–H and O–H groups in total. The molecule has 1 aliphatic heterocycles. The minimum Gasteiger partial charge on any atom is -0.391 e. The van der Waals surface area contributed by atoms with Crippen molar-refractivity contribution in [1.82, 2.24) is 14.5 Å². The van der Waals surface area contributed by atoms with E-state index in [0.29, 0.717) is 18.9 Å². The third kappa shape index (κ3) is 2.87. The van der Waals surface area contributed by atoms with E-state index in [1.807, 2.05) is 34.0 Å². The molecule has 2 aromatic heterocycles. The van der Waals surface area contributed by atoms with Crippen molar-refractivity contribution in [2.24, 2.45) is 11.7 Å². The molecule has 7 heteroatoms. The van der Waals surface area contributed by atoms with Crippen LogP contribution in [0.3, 0.4) is 0 Å². The molecule has 0 spiro atoms. The number of anilines is 1. The molecule has 0 aliphatic carbocycles. The normalized spacial score (nSPS) is 21.7. The fraction of sp³-hybridized carbons (Fsp3) is 0.357. The first-order valence-electron chi connectivity index (χ1n) is 6.80. The maximum Gasteiger partial charge on any atom is 0.217 e. The van der Waals surface area contributed by atoms with Gasteiger partial charge < -0.3 is 20.3 Å². The molecule has 0 radical (unpaired) electrons. The molecule has 2 aromatic rings. The topological polar surface area (TPSA) is 97.3 Å². The van der Waals surface area contributed by atoms with Crippen molar-refractivity contribution < 1.29 is 9.90 Å². The van der Waals surface area contributed by atoms with Gasteiger partial charge >= 0.3 is 0 Å². The summed E-state index contributed by atoms with van der Waals surface area (Å²) < 4.78 is 1.87. The third-order valence-corrected chi connectivity index (χ3v) is 3.69. The first-order valence-corrected chi connectivity index (χ1v) is 6.80. The molecule has 1 fully saturated rings. The average Bonchev–Trinajstić information content (AvgIpc) is 3.09. The van der Waals surface area contributed by atoms with Gasteiger partial charge in [0, 0.05) is 37.8 Å². The van der Waals surface area contributed by atoms with Gasteiger partial charge in [-0.05, 0) is 12.1 Å². The number of nitrogens with two attached hydrogens (primary N) is 1. The largest absolute Gasteiger partial charge is 0.391 e. The summed E-state index contributed by atoms with van der Waals surface area (Å²) in [6.07, 6.45) is 6.77. The number of rotatable bonds is 4. The van der Waals surface area contributed by atoms with Gasteiger partial charge in [0.25, 0.3) is 0 Å². The maximum atomic E-state index is 11.0. The van der Waals surface area contributed by atoms with Gasteiger partial charge in [-0.1, -0.05) is 0 Å². The summed E-state index contributed by atoms with van der Waals surface area (Å²) in [7, 11) is 0. The number of aliphatic hydroxyl groups is 1. The highest BCUT2D eigenvalue weighted by Crippen LogP contribution is 2.24. The second-order valence-electron chi connectivity index (χ2n) is 5.23. The third-order valence-electron chi connectivity index (χ3n) is 3.69. The number of amides is 1. The van der Waals surface area contributed by atoms with Gasteiger partial charge in [-0.2, -0.15) is 0 Å². The molecule has 1 saturated heterocycles. The summed E-state index contributed by atoms with van der Waals surface area (Å²) in [6, 6.07) is 3.84. The number of carbonyl (C=O) groups is 1. The second-order valence-corrected chi connectivity index (χ2v) is 5.23. The number of hydrogen-bond donors (Lipinski definition) is 2. The molecule has 21 heavy (non-hydrogen) atoms. The summed E-state index contributed by atoms with van der Waals surface area (Å²) in [6.45, 7) is 0.997. The van der Waals surface area contributed by atoms with E-state index in [-0.39, 0.29) is 12.3 Å². The molecule has 0 saturated carbocycles. The van der Waals surface area contributed by atoms with Crippen molar-refractivity contribution in [3.05, 3.63) is 36.9 Å². The molecule has 0 unspecified atom stereocenters. The maximum absolute atomic E-state index is 11.0. The lowest BCUT2D eigenvalue weighted by molar-refractivity contribution is -0.119. The smallest absolute Gasteiger partial charge is 0.217 e. The van der Waals surface area contributed by atoms with Crippen molar-refractivity contribution in [2.45, 2.75) is 12.5 Å². The molecule has 0 bridgehead atoms. The monoisotopic (exact) mass is 287 g/mol. The average molecular weight is 287 g/mol. The molecule has 1 amide bonds. The van der Waals surface area contributed by atoms with Gasteiger partial charge in [0.1, 0.15) is 5.82 Å². The molecular weight excluding hydrogens is 270 g/mol. The number of carbonyl (C=O) groups excluding carboxylic acids is 1. The van der Waals surface area contributed by atoms with Gasteiger partial charge in [-0.3, -0.25) is 4.79 Å². The van der Waals surface area contributed by atoms with E-state index < -0.39 is 12.0 Å². The number of aromatic nitrogens is 3. The first kappa shape index (κ1) is 13.6. The zero-order valence-corrected chi connectivity index (χ0v) is 11.5. The lowest BCUT2D eigenvalue weighted by Crippen LogP contribution is -2.24. The lowest BCUT2D eigenvalue weighted by Gasteiger charge is -2.16. The quantitative estimate of drug-likeness (QED) is 0.821. The Morgan fingerprint density at radius 1 is 1.24 bits per heavy atom. The molecule has 3 heterocycles. The summed E-state index contributed by atoms with van der Waals surface area (Å²) in [5.41, 5.74) is 5.19. The van der Waals surface area contributed by atoms with E-state index >= 15 is 0 Å². The minimum absolute atomic E-state index is 0.145. The van der Waals surface area contributed by atoms with Crippen molar-refractivity contribution >= 4 is 11.7 Å². The number of β-amino-alcohol motifs (C(OH)–C–C–N with tert-alkyl or cyclic N) is 1. The van der Waals surface area contributed by atoms with Crippen LogP contribution in [0, 0.1) is 5.92 Å². The Labute approximate surface area is 122 Å².